The van der Waals surface area contributed by atoms with E-state index < -0.39 is 11.2 Å². The highest BCUT2D eigenvalue weighted by Gasteiger charge is 2.20. The van der Waals surface area contributed by atoms with Crippen molar-refractivity contribution >= 4 is 34.2 Å². The minimum absolute atomic E-state index is 0.158. The number of hydrogen-bond donors (Lipinski definition) is 1. The SMILES string of the molecule is CC(=O)SC(Cc1cccs1)C(=O)O. The number of carbonyl (C=O) groups is 2. The van der Waals surface area contributed by atoms with Crippen LogP contribution in [-0.4, -0.2) is 21.4 Å². The fourth-order valence-electron chi connectivity index (χ4n) is 0.991. The van der Waals surface area contributed by atoms with E-state index in [1.807, 2.05) is 17.5 Å². The van der Waals surface area contributed by atoms with Crippen LogP contribution in [-0.2, 0) is 16.0 Å². The van der Waals surface area contributed by atoms with Crippen LogP contribution < -0.4 is 0 Å². The Morgan fingerprint density at radius 3 is 2.79 bits per heavy atom. The first-order valence-electron chi connectivity index (χ1n) is 4.02. The summed E-state index contributed by atoms with van der Waals surface area (Å²) < 4.78 is 0. The maximum atomic E-state index is 10.8. The van der Waals surface area contributed by atoms with Gasteiger partial charge >= 0.3 is 5.97 Å². The third-order valence-electron chi connectivity index (χ3n) is 1.55. The molecule has 14 heavy (non-hydrogen) atoms. The van der Waals surface area contributed by atoms with E-state index in [1.165, 1.54) is 18.3 Å². The smallest absolute Gasteiger partial charge is 0.317 e. The highest BCUT2D eigenvalue weighted by Crippen LogP contribution is 2.20. The molecular weight excluding hydrogens is 220 g/mol. The molecule has 76 valence electrons. The van der Waals surface area contributed by atoms with Crippen LogP contribution in [0.3, 0.4) is 0 Å². The zero-order valence-corrected chi connectivity index (χ0v) is 9.23. The first kappa shape index (κ1) is 11.3. The van der Waals surface area contributed by atoms with Crippen molar-refractivity contribution in [1.82, 2.24) is 0 Å². The summed E-state index contributed by atoms with van der Waals surface area (Å²) >= 11 is 2.38. The minimum atomic E-state index is -0.932. The molecule has 0 spiro atoms. The highest BCUT2D eigenvalue weighted by molar-refractivity contribution is 8.14. The van der Waals surface area contributed by atoms with Gasteiger partial charge in [-0.05, 0) is 11.4 Å². The Morgan fingerprint density at radius 1 is 1.64 bits per heavy atom. The number of carboxylic acid groups (broad SMARTS) is 1. The van der Waals surface area contributed by atoms with E-state index in [4.69, 9.17) is 5.11 Å². The van der Waals surface area contributed by atoms with E-state index in [0.29, 0.717) is 6.42 Å². The van der Waals surface area contributed by atoms with E-state index in [0.717, 1.165) is 16.6 Å². The van der Waals surface area contributed by atoms with Gasteiger partial charge in [-0.15, -0.1) is 11.3 Å². The molecule has 5 heteroatoms. The summed E-state index contributed by atoms with van der Waals surface area (Å²) in [6, 6.07) is 3.75. The van der Waals surface area contributed by atoms with Crippen molar-refractivity contribution in [3.8, 4) is 0 Å². The molecule has 1 atom stereocenters. The number of rotatable bonds is 4. The summed E-state index contributed by atoms with van der Waals surface area (Å²) in [5, 5.41) is 9.93. The Morgan fingerprint density at radius 2 is 2.36 bits per heavy atom. The monoisotopic (exact) mass is 230 g/mol. The molecule has 1 aromatic rings. The van der Waals surface area contributed by atoms with Crippen molar-refractivity contribution in [2.45, 2.75) is 18.6 Å². The molecule has 1 heterocycles. The van der Waals surface area contributed by atoms with Crippen LogP contribution in [0.2, 0.25) is 0 Å². The Kier molecular flexibility index (Phi) is 4.16. The van der Waals surface area contributed by atoms with Crippen LogP contribution in [0.5, 0.6) is 0 Å². The molecule has 0 radical (unpaired) electrons. The van der Waals surface area contributed by atoms with Crippen LogP contribution in [0.15, 0.2) is 17.5 Å². The third-order valence-corrected chi connectivity index (χ3v) is 3.43. The van der Waals surface area contributed by atoms with Gasteiger partial charge in [0.1, 0.15) is 5.25 Å². The first-order chi connectivity index (χ1) is 6.59. The van der Waals surface area contributed by atoms with E-state index in [2.05, 4.69) is 0 Å². The van der Waals surface area contributed by atoms with E-state index in [-0.39, 0.29) is 5.12 Å². The van der Waals surface area contributed by atoms with Crippen LogP contribution in [0.1, 0.15) is 11.8 Å². The second-order valence-electron chi connectivity index (χ2n) is 2.72. The van der Waals surface area contributed by atoms with E-state index >= 15 is 0 Å². The molecule has 0 aliphatic carbocycles. The molecule has 1 rings (SSSR count). The summed E-state index contributed by atoms with van der Waals surface area (Å²) in [6.45, 7) is 1.38. The number of carboxylic acids is 1. The minimum Gasteiger partial charge on any atom is -0.480 e. The first-order valence-corrected chi connectivity index (χ1v) is 5.78. The molecule has 0 amide bonds. The van der Waals surface area contributed by atoms with Gasteiger partial charge in [-0.2, -0.15) is 0 Å². The van der Waals surface area contributed by atoms with Gasteiger partial charge in [0.15, 0.2) is 5.12 Å². The Bertz CT molecular complexity index is 319. The lowest BCUT2D eigenvalue weighted by atomic mass is 10.2. The molecule has 0 aromatic carbocycles. The lowest BCUT2D eigenvalue weighted by molar-refractivity contribution is -0.136. The molecule has 0 aliphatic rings. The summed E-state index contributed by atoms with van der Waals surface area (Å²) in [6.07, 6.45) is 0.414. The highest BCUT2D eigenvalue weighted by atomic mass is 32.2. The van der Waals surface area contributed by atoms with Crippen LogP contribution >= 0.6 is 23.1 Å². The van der Waals surface area contributed by atoms with Crippen LogP contribution in [0.4, 0.5) is 0 Å². The third kappa shape index (κ3) is 3.51. The second kappa shape index (κ2) is 5.17. The molecule has 1 aromatic heterocycles. The zero-order valence-electron chi connectivity index (χ0n) is 7.60. The fraction of sp³-hybridized carbons (Fsp3) is 0.333. The average Bonchev–Trinajstić information content (AvgIpc) is 2.54. The molecule has 1 N–H and O–H groups in total. The number of thioether (sulfide) groups is 1. The van der Waals surface area contributed by atoms with Crippen molar-refractivity contribution in [3.05, 3.63) is 22.4 Å². The predicted molar refractivity (Wildman–Crippen MR) is 57.7 cm³/mol. The van der Waals surface area contributed by atoms with Crippen LogP contribution in [0, 0.1) is 0 Å². The molecule has 0 aliphatic heterocycles. The molecule has 0 fully saturated rings. The van der Waals surface area contributed by atoms with Gasteiger partial charge in [0.05, 0.1) is 0 Å². The van der Waals surface area contributed by atoms with Gasteiger partial charge in [0.2, 0.25) is 0 Å². The van der Waals surface area contributed by atoms with Gasteiger partial charge in [0.25, 0.3) is 0 Å². The van der Waals surface area contributed by atoms with Crippen molar-refractivity contribution in [3.63, 3.8) is 0 Å². The van der Waals surface area contributed by atoms with Gasteiger partial charge < -0.3 is 5.11 Å². The standard InChI is InChI=1S/C9H10O3S2/c1-6(10)14-8(9(11)12)5-7-3-2-4-13-7/h2-4,8H,5H2,1H3,(H,11,12). The van der Waals surface area contributed by atoms with Crippen molar-refractivity contribution in [2.24, 2.45) is 0 Å². The lowest BCUT2D eigenvalue weighted by Gasteiger charge is -2.07. The van der Waals surface area contributed by atoms with Gasteiger partial charge in [-0.3, -0.25) is 9.59 Å². The largest absolute Gasteiger partial charge is 0.480 e. The lowest BCUT2D eigenvalue weighted by Crippen LogP contribution is -2.20. The molecule has 0 bridgehead atoms. The molecule has 0 saturated carbocycles. The predicted octanol–water partition coefficient (Wildman–Crippen LogP) is 2.02. The van der Waals surface area contributed by atoms with E-state index in [9.17, 15) is 9.59 Å². The number of aliphatic carboxylic acids is 1. The Labute approximate surface area is 90.1 Å². The number of hydrogen-bond acceptors (Lipinski definition) is 4. The number of carbonyl (C=O) groups excluding carboxylic acids is 1. The quantitative estimate of drug-likeness (QED) is 0.859. The number of thiophene rings is 1. The summed E-state index contributed by atoms with van der Waals surface area (Å²) in [4.78, 5) is 22.6. The van der Waals surface area contributed by atoms with Gasteiger partial charge in [-0.1, -0.05) is 17.8 Å². The van der Waals surface area contributed by atoms with Crippen molar-refractivity contribution in [2.75, 3.05) is 0 Å². The Hall–Kier alpha value is -0.810. The van der Waals surface area contributed by atoms with Crippen LogP contribution in [0.25, 0.3) is 0 Å². The fourth-order valence-corrected chi connectivity index (χ4v) is 2.61. The summed E-state index contributed by atoms with van der Waals surface area (Å²) in [5.41, 5.74) is 0. The summed E-state index contributed by atoms with van der Waals surface area (Å²) in [7, 11) is 0. The Balaban J connectivity index is 2.60. The maximum absolute atomic E-state index is 10.8. The van der Waals surface area contributed by atoms with Crippen molar-refractivity contribution < 1.29 is 14.7 Å². The van der Waals surface area contributed by atoms with Crippen molar-refractivity contribution in [1.29, 1.82) is 0 Å². The zero-order chi connectivity index (χ0) is 10.6. The maximum Gasteiger partial charge on any atom is 0.317 e. The van der Waals surface area contributed by atoms with E-state index in [1.54, 1.807) is 0 Å². The topological polar surface area (TPSA) is 54.4 Å². The average molecular weight is 230 g/mol. The molecule has 1 unspecified atom stereocenters. The molecule has 0 saturated heterocycles. The van der Waals surface area contributed by atoms with Gasteiger partial charge in [-0.25, -0.2) is 0 Å². The molecule has 3 nitrogen and oxygen atoms in total. The molecular formula is C9H10O3S2. The second-order valence-corrected chi connectivity index (χ2v) is 5.13. The normalized spacial score (nSPS) is 12.4. The van der Waals surface area contributed by atoms with Gasteiger partial charge in [0, 0.05) is 18.2 Å². The summed E-state index contributed by atoms with van der Waals surface area (Å²) in [5.74, 6) is -0.932.